The summed E-state index contributed by atoms with van der Waals surface area (Å²) in [5.74, 6) is -3.20. The van der Waals surface area contributed by atoms with Crippen LogP contribution >= 0.6 is 0 Å². The molecular weight excluding hydrogens is 294 g/mol. The fourth-order valence-electron chi connectivity index (χ4n) is 1.20. The van der Waals surface area contributed by atoms with Crippen molar-refractivity contribution < 1.29 is 26.7 Å². The van der Waals surface area contributed by atoms with Crippen LogP contribution in [-0.4, -0.2) is 27.5 Å². The van der Waals surface area contributed by atoms with E-state index in [1.54, 1.807) is 6.07 Å². The summed E-state index contributed by atoms with van der Waals surface area (Å²) in [6.45, 7) is -0.708. The normalized spacial score (nSPS) is 10.8. The van der Waals surface area contributed by atoms with Gasteiger partial charge in [-0.05, 0) is 18.2 Å². The topological polar surface area (TPSA) is 96.3 Å². The molecule has 0 aliphatic carbocycles. The highest BCUT2D eigenvalue weighted by Crippen LogP contribution is 2.13. The van der Waals surface area contributed by atoms with Gasteiger partial charge < -0.3 is 4.74 Å². The number of ether oxygens (including phenoxy) is 1. The Hall–Kier alpha value is -2.05. The second-order valence-corrected chi connectivity index (χ2v) is 5.31. The van der Waals surface area contributed by atoms with E-state index < -0.39 is 39.1 Å². The highest BCUT2D eigenvalue weighted by atomic mass is 32.2. The van der Waals surface area contributed by atoms with Crippen molar-refractivity contribution in [1.82, 2.24) is 4.72 Å². The summed E-state index contributed by atoms with van der Waals surface area (Å²) in [5, 5.41) is 8.16. The maximum Gasteiger partial charge on any atom is 0.308 e. The van der Waals surface area contributed by atoms with Crippen molar-refractivity contribution in [1.29, 1.82) is 5.26 Å². The number of sulfonamides is 1. The Labute approximate surface area is 114 Å². The molecule has 1 aromatic rings. The predicted octanol–water partition coefficient (Wildman–Crippen LogP) is 0.700. The third-order valence-electron chi connectivity index (χ3n) is 2.12. The van der Waals surface area contributed by atoms with Crippen molar-refractivity contribution in [3.05, 3.63) is 29.8 Å². The lowest BCUT2D eigenvalue weighted by molar-refractivity contribution is -0.142. The molecule has 0 amide bonds. The van der Waals surface area contributed by atoms with Crippen LogP contribution in [0.4, 0.5) is 8.78 Å². The number of esters is 1. The van der Waals surface area contributed by atoms with Gasteiger partial charge in [-0.1, -0.05) is 0 Å². The van der Waals surface area contributed by atoms with Gasteiger partial charge >= 0.3 is 5.97 Å². The largest absolute Gasteiger partial charge is 0.450 e. The molecule has 0 fully saturated rings. The number of nitriles is 1. The molecular formula is C11H10F2N2O4S. The lowest BCUT2D eigenvalue weighted by Crippen LogP contribution is -2.27. The average molecular weight is 304 g/mol. The summed E-state index contributed by atoms with van der Waals surface area (Å²) in [5.41, 5.74) is 0. The van der Waals surface area contributed by atoms with Crippen molar-refractivity contribution in [2.75, 3.05) is 13.2 Å². The number of nitrogens with zero attached hydrogens (tertiary/aromatic N) is 1. The third kappa shape index (κ3) is 4.56. The SMILES string of the molecule is N#CCOC(=O)CCNS(=O)(=O)c1ccc(F)c(F)c1. The van der Waals surface area contributed by atoms with Crippen LogP contribution in [0.5, 0.6) is 0 Å². The zero-order valence-corrected chi connectivity index (χ0v) is 10.9. The monoisotopic (exact) mass is 304 g/mol. The molecule has 9 heteroatoms. The van der Waals surface area contributed by atoms with Crippen LogP contribution in [0.3, 0.4) is 0 Å². The number of nitrogens with one attached hydrogen (secondary N) is 1. The van der Waals surface area contributed by atoms with Crippen LogP contribution in [0.15, 0.2) is 23.1 Å². The van der Waals surface area contributed by atoms with E-state index in [-0.39, 0.29) is 13.0 Å². The molecule has 0 heterocycles. The fourth-order valence-corrected chi connectivity index (χ4v) is 2.24. The molecule has 0 bridgehead atoms. The molecule has 1 N–H and O–H groups in total. The van der Waals surface area contributed by atoms with E-state index in [0.29, 0.717) is 12.1 Å². The van der Waals surface area contributed by atoms with Crippen LogP contribution in [0, 0.1) is 23.0 Å². The number of carbonyl (C=O) groups is 1. The lowest BCUT2D eigenvalue weighted by atomic mass is 10.3. The number of benzene rings is 1. The Balaban J connectivity index is 2.60. The van der Waals surface area contributed by atoms with E-state index in [2.05, 4.69) is 4.74 Å². The summed E-state index contributed by atoms with van der Waals surface area (Å²) in [7, 11) is -4.05. The van der Waals surface area contributed by atoms with E-state index in [9.17, 15) is 22.0 Å². The van der Waals surface area contributed by atoms with Crippen molar-refractivity contribution in [3.8, 4) is 6.07 Å². The van der Waals surface area contributed by atoms with Gasteiger partial charge in [0.05, 0.1) is 11.3 Å². The van der Waals surface area contributed by atoms with Gasteiger partial charge in [-0.25, -0.2) is 21.9 Å². The van der Waals surface area contributed by atoms with Gasteiger partial charge in [-0.2, -0.15) is 5.26 Å². The average Bonchev–Trinajstić information content (AvgIpc) is 2.39. The summed E-state index contributed by atoms with van der Waals surface area (Å²) < 4.78 is 55.4. The Morgan fingerprint density at radius 2 is 2.05 bits per heavy atom. The summed E-state index contributed by atoms with van der Waals surface area (Å²) in [6.07, 6.45) is -0.287. The first kappa shape index (κ1) is 16.0. The number of rotatable bonds is 6. The first-order valence-corrected chi connectivity index (χ1v) is 6.82. The van der Waals surface area contributed by atoms with Gasteiger partial charge in [0, 0.05) is 6.54 Å². The Morgan fingerprint density at radius 1 is 1.35 bits per heavy atom. The molecule has 1 rings (SSSR count). The number of hydrogen-bond acceptors (Lipinski definition) is 5. The molecule has 0 saturated heterocycles. The van der Waals surface area contributed by atoms with E-state index >= 15 is 0 Å². The first-order chi connectivity index (χ1) is 9.36. The van der Waals surface area contributed by atoms with E-state index in [0.717, 1.165) is 6.07 Å². The molecule has 1 aromatic carbocycles. The standard InChI is InChI=1S/C11H10F2N2O4S/c12-9-2-1-8(7-10(9)13)20(17,18)15-5-3-11(16)19-6-4-14/h1-2,7,15H,3,5-6H2. The Morgan fingerprint density at radius 3 is 2.65 bits per heavy atom. The quantitative estimate of drug-likeness (QED) is 0.780. The molecule has 108 valence electrons. The number of halogens is 2. The molecule has 0 aliphatic heterocycles. The predicted molar refractivity (Wildman–Crippen MR) is 62.7 cm³/mol. The van der Waals surface area contributed by atoms with Crippen LogP contribution < -0.4 is 4.72 Å². The van der Waals surface area contributed by atoms with Crippen LogP contribution in [0.1, 0.15) is 6.42 Å². The van der Waals surface area contributed by atoms with E-state index in [1.165, 1.54) is 0 Å². The van der Waals surface area contributed by atoms with Gasteiger partial charge in [0.1, 0.15) is 6.07 Å². The first-order valence-electron chi connectivity index (χ1n) is 5.34. The molecule has 0 saturated carbocycles. The molecule has 0 radical (unpaired) electrons. The Bertz CT molecular complexity index is 640. The lowest BCUT2D eigenvalue weighted by Gasteiger charge is -2.06. The molecule has 6 nitrogen and oxygen atoms in total. The highest BCUT2D eigenvalue weighted by molar-refractivity contribution is 7.89. The van der Waals surface area contributed by atoms with Crippen molar-refractivity contribution >= 4 is 16.0 Å². The van der Waals surface area contributed by atoms with Gasteiger partial charge in [0.25, 0.3) is 0 Å². The summed E-state index contributed by atoms with van der Waals surface area (Å²) in [6, 6.07) is 3.70. The van der Waals surface area contributed by atoms with Crippen LogP contribution in [-0.2, 0) is 19.6 Å². The number of carbonyl (C=O) groups excluding carboxylic acids is 1. The van der Waals surface area contributed by atoms with E-state index in [1.807, 2.05) is 4.72 Å². The smallest absolute Gasteiger partial charge is 0.308 e. The maximum absolute atomic E-state index is 12.9. The molecule has 0 spiro atoms. The van der Waals surface area contributed by atoms with Crippen molar-refractivity contribution in [2.24, 2.45) is 0 Å². The van der Waals surface area contributed by atoms with Crippen molar-refractivity contribution in [3.63, 3.8) is 0 Å². The summed E-state index contributed by atoms with van der Waals surface area (Å²) in [4.78, 5) is 10.5. The minimum atomic E-state index is -4.05. The third-order valence-corrected chi connectivity index (χ3v) is 3.58. The highest BCUT2D eigenvalue weighted by Gasteiger charge is 2.16. The maximum atomic E-state index is 12.9. The fraction of sp³-hybridized carbons (Fsp3) is 0.273. The Kier molecular flexibility index (Phi) is 5.54. The summed E-state index contributed by atoms with van der Waals surface area (Å²) >= 11 is 0. The minimum Gasteiger partial charge on any atom is -0.450 e. The molecule has 0 aliphatic rings. The molecule has 0 unspecified atom stereocenters. The second-order valence-electron chi connectivity index (χ2n) is 3.54. The zero-order valence-electron chi connectivity index (χ0n) is 10.1. The second kappa shape index (κ2) is 6.93. The molecule has 0 atom stereocenters. The molecule has 0 aromatic heterocycles. The van der Waals surface area contributed by atoms with Crippen molar-refractivity contribution in [2.45, 2.75) is 11.3 Å². The van der Waals surface area contributed by atoms with Crippen LogP contribution in [0.25, 0.3) is 0 Å². The van der Waals surface area contributed by atoms with Gasteiger partial charge in [-0.15, -0.1) is 0 Å². The number of hydrogen-bond donors (Lipinski definition) is 1. The molecule has 20 heavy (non-hydrogen) atoms. The van der Waals surface area contributed by atoms with Gasteiger partial charge in [-0.3, -0.25) is 4.79 Å². The van der Waals surface area contributed by atoms with Gasteiger partial charge in [0.2, 0.25) is 10.0 Å². The van der Waals surface area contributed by atoms with Crippen LogP contribution in [0.2, 0.25) is 0 Å². The minimum absolute atomic E-state index is 0.286. The zero-order chi connectivity index (χ0) is 15.2. The van der Waals surface area contributed by atoms with E-state index in [4.69, 9.17) is 5.26 Å². The van der Waals surface area contributed by atoms with Gasteiger partial charge in [0.15, 0.2) is 18.2 Å².